The first-order valence-corrected chi connectivity index (χ1v) is 8.69. The minimum absolute atomic E-state index is 0.00327. The number of rotatable bonds is 2. The number of nitrogens with zero attached hydrogens (tertiary/aromatic N) is 1. The minimum atomic E-state index is -0.00327. The van der Waals surface area contributed by atoms with Crippen molar-refractivity contribution in [1.82, 2.24) is 4.58 Å². The Morgan fingerprint density at radius 3 is 2.81 bits per heavy atom. The Balaban J connectivity index is 1.92. The van der Waals surface area contributed by atoms with E-state index in [0.29, 0.717) is 0 Å². The SMILES string of the molecule is COC1=C(OC)C2C3=CC(C)=CC[N+]3=c3c4c(ccc3=C2C=C1)OCO4. The molecule has 1 atom stereocenters. The molecule has 4 aliphatic rings. The van der Waals surface area contributed by atoms with Gasteiger partial charge in [0.15, 0.2) is 29.5 Å². The maximum Gasteiger partial charge on any atom is 0.259 e. The van der Waals surface area contributed by atoms with Gasteiger partial charge in [-0.05, 0) is 42.4 Å². The number of ether oxygens (including phenoxy) is 4. The standard InChI is InChI=1S/C21H20NO4/c1-12-8-9-22-15(10-12)18-13(4-6-16(23-2)20(18)24-3)14-5-7-17-21(19(14)22)26-11-25-17/h4-8,10,18H,9,11H2,1-3H3/q+1. The second-order valence-electron chi connectivity index (χ2n) is 6.68. The summed E-state index contributed by atoms with van der Waals surface area (Å²) < 4.78 is 25.1. The number of benzene rings is 1. The number of methoxy groups -OCH3 is 2. The van der Waals surface area contributed by atoms with Gasteiger partial charge in [-0.3, -0.25) is 0 Å². The maximum atomic E-state index is 5.83. The van der Waals surface area contributed by atoms with Gasteiger partial charge < -0.3 is 18.9 Å². The summed E-state index contributed by atoms with van der Waals surface area (Å²) in [7, 11) is 3.38. The summed E-state index contributed by atoms with van der Waals surface area (Å²) in [5.74, 6) is 3.21. The van der Waals surface area contributed by atoms with Crippen LogP contribution in [0.3, 0.4) is 0 Å². The molecule has 0 radical (unpaired) electrons. The molecule has 1 aliphatic carbocycles. The van der Waals surface area contributed by atoms with Crippen LogP contribution < -0.4 is 24.6 Å². The lowest BCUT2D eigenvalue weighted by Crippen LogP contribution is -2.49. The van der Waals surface area contributed by atoms with Crippen molar-refractivity contribution in [1.29, 1.82) is 0 Å². The van der Waals surface area contributed by atoms with E-state index in [1.54, 1.807) is 14.2 Å². The van der Waals surface area contributed by atoms with Gasteiger partial charge in [-0.1, -0.05) is 6.08 Å². The van der Waals surface area contributed by atoms with Gasteiger partial charge in [-0.15, -0.1) is 0 Å². The fraction of sp³-hybridized carbons (Fsp3) is 0.286. The molecular formula is C21H20NO4+. The molecule has 0 N–H and O–H groups in total. The quantitative estimate of drug-likeness (QED) is 0.760. The second kappa shape index (κ2) is 5.53. The van der Waals surface area contributed by atoms with Gasteiger partial charge >= 0.3 is 0 Å². The molecule has 1 unspecified atom stereocenters. The molecule has 0 saturated heterocycles. The minimum Gasteiger partial charge on any atom is -0.496 e. The first-order chi connectivity index (χ1) is 12.7. The van der Waals surface area contributed by atoms with Gasteiger partial charge in [0.1, 0.15) is 5.92 Å². The molecular weight excluding hydrogens is 330 g/mol. The van der Waals surface area contributed by atoms with Crippen molar-refractivity contribution < 1.29 is 18.9 Å². The van der Waals surface area contributed by atoms with Crippen molar-refractivity contribution in [2.45, 2.75) is 6.92 Å². The molecule has 0 bridgehead atoms. The highest BCUT2D eigenvalue weighted by Crippen LogP contribution is 2.39. The first kappa shape index (κ1) is 15.3. The van der Waals surface area contributed by atoms with Crippen LogP contribution in [0.1, 0.15) is 6.92 Å². The molecule has 0 aromatic heterocycles. The zero-order chi connectivity index (χ0) is 17.8. The van der Waals surface area contributed by atoms with E-state index in [0.717, 1.165) is 40.1 Å². The van der Waals surface area contributed by atoms with Gasteiger partial charge in [0, 0.05) is 6.08 Å². The van der Waals surface area contributed by atoms with Crippen LogP contribution in [0.15, 0.2) is 59.2 Å². The van der Waals surface area contributed by atoms with Crippen LogP contribution in [0.4, 0.5) is 0 Å². The van der Waals surface area contributed by atoms with E-state index >= 15 is 0 Å². The van der Waals surface area contributed by atoms with Gasteiger partial charge in [0.2, 0.25) is 12.5 Å². The third-order valence-electron chi connectivity index (χ3n) is 5.34. The van der Waals surface area contributed by atoms with E-state index in [2.05, 4.69) is 35.8 Å². The lowest BCUT2D eigenvalue weighted by atomic mass is 9.83. The lowest BCUT2D eigenvalue weighted by Gasteiger charge is -2.29. The molecule has 1 aromatic rings. The van der Waals surface area contributed by atoms with Crippen LogP contribution in [0.25, 0.3) is 5.57 Å². The molecule has 5 rings (SSSR count). The number of hydrogen-bond donors (Lipinski definition) is 0. The molecule has 0 spiro atoms. The predicted octanol–water partition coefficient (Wildman–Crippen LogP) is 1.60. The summed E-state index contributed by atoms with van der Waals surface area (Å²) in [6.45, 7) is 3.18. The molecule has 26 heavy (non-hydrogen) atoms. The third-order valence-corrected chi connectivity index (χ3v) is 5.34. The monoisotopic (exact) mass is 350 g/mol. The molecule has 0 saturated carbocycles. The molecule has 3 aliphatic heterocycles. The van der Waals surface area contributed by atoms with E-state index in [9.17, 15) is 0 Å². The van der Waals surface area contributed by atoms with E-state index in [4.69, 9.17) is 18.9 Å². The summed E-state index contributed by atoms with van der Waals surface area (Å²) in [5, 5.41) is 2.22. The molecule has 132 valence electrons. The van der Waals surface area contributed by atoms with Gasteiger partial charge in [-0.2, -0.15) is 4.58 Å². The Labute approximate surface area is 151 Å². The van der Waals surface area contributed by atoms with Crippen LogP contribution in [-0.4, -0.2) is 27.6 Å². The maximum absolute atomic E-state index is 5.83. The van der Waals surface area contributed by atoms with E-state index < -0.39 is 0 Å². The van der Waals surface area contributed by atoms with Crippen LogP contribution >= 0.6 is 0 Å². The molecule has 1 aromatic carbocycles. The van der Waals surface area contributed by atoms with Crippen molar-refractivity contribution in [2.75, 3.05) is 27.6 Å². The molecule has 3 heterocycles. The highest BCUT2D eigenvalue weighted by atomic mass is 16.7. The summed E-state index contributed by atoms with van der Waals surface area (Å²) in [5.41, 5.74) is 3.60. The van der Waals surface area contributed by atoms with Crippen molar-refractivity contribution in [3.63, 3.8) is 0 Å². The second-order valence-corrected chi connectivity index (χ2v) is 6.68. The summed E-state index contributed by atoms with van der Waals surface area (Å²) >= 11 is 0. The first-order valence-electron chi connectivity index (χ1n) is 8.69. The van der Waals surface area contributed by atoms with Crippen LogP contribution in [0, 0.1) is 5.92 Å². The van der Waals surface area contributed by atoms with Gasteiger partial charge in [-0.25, -0.2) is 0 Å². The summed E-state index contributed by atoms with van der Waals surface area (Å²) in [4.78, 5) is 0. The number of allylic oxidation sites excluding steroid dienone is 4. The Hall–Kier alpha value is -2.95. The average molecular weight is 350 g/mol. The van der Waals surface area contributed by atoms with E-state index in [1.165, 1.54) is 16.8 Å². The van der Waals surface area contributed by atoms with Crippen LogP contribution in [-0.2, 0) is 9.47 Å². The zero-order valence-electron chi connectivity index (χ0n) is 15.0. The van der Waals surface area contributed by atoms with E-state index in [1.807, 2.05) is 12.1 Å². The lowest BCUT2D eigenvalue weighted by molar-refractivity contribution is 0.172. The molecule has 0 fully saturated rings. The zero-order valence-corrected chi connectivity index (χ0v) is 15.0. The highest BCUT2D eigenvalue weighted by Gasteiger charge is 2.42. The Morgan fingerprint density at radius 1 is 1.12 bits per heavy atom. The fourth-order valence-electron chi connectivity index (χ4n) is 4.18. The average Bonchev–Trinajstić information content (AvgIpc) is 3.15. The topological polar surface area (TPSA) is 39.9 Å². The Morgan fingerprint density at radius 2 is 2.00 bits per heavy atom. The molecule has 5 nitrogen and oxygen atoms in total. The van der Waals surface area contributed by atoms with Crippen LogP contribution in [0.5, 0.6) is 11.5 Å². The highest BCUT2D eigenvalue weighted by molar-refractivity contribution is 5.71. The third kappa shape index (κ3) is 1.94. The number of fused-ring (bicyclic) bond motifs is 6. The smallest absolute Gasteiger partial charge is 0.259 e. The van der Waals surface area contributed by atoms with Crippen molar-refractivity contribution >= 4 is 5.57 Å². The normalized spacial score (nSPS) is 22.3. The van der Waals surface area contributed by atoms with Crippen molar-refractivity contribution in [2.24, 2.45) is 5.92 Å². The fourth-order valence-corrected chi connectivity index (χ4v) is 4.18. The largest absolute Gasteiger partial charge is 0.496 e. The van der Waals surface area contributed by atoms with Crippen molar-refractivity contribution in [3.8, 4) is 11.5 Å². The van der Waals surface area contributed by atoms with Crippen LogP contribution in [0.2, 0.25) is 0 Å². The van der Waals surface area contributed by atoms with Crippen molar-refractivity contribution in [3.05, 3.63) is 69.8 Å². The Bertz CT molecular complexity index is 1070. The van der Waals surface area contributed by atoms with E-state index in [-0.39, 0.29) is 12.7 Å². The van der Waals surface area contributed by atoms with Gasteiger partial charge in [0.25, 0.3) is 5.36 Å². The molecule has 5 heteroatoms. The summed E-state index contributed by atoms with van der Waals surface area (Å²) in [6, 6.07) is 4.10. The summed E-state index contributed by atoms with van der Waals surface area (Å²) in [6.07, 6.45) is 8.54. The van der Waals surface area contributed by atoms with Gasteiger partial charge in [0.05, 0.1) is 19.4 Å². The number of hydrogen-bond acceptors (Lipinski definition) is 4. The Kier molecular flexibility index (Phi) is 3.26. The predicted molar refractivity (Wildman–Crippen MR) is 96.8 cm³/mol. The molecule has 0 amide bonds.